The Bertz CT molecular complexity index is 878. The van der Waals surface area contributed by atoms with E-state index in [0.717, 1.165) is 16.0 Å². The molecule has 1 heterocycles. The van der Waals surface area contributed by atoms with Gasteiger partial charge >= 0.3 is 0 Å². The van der Waals surface area contributed by atoms with Crippen LogP contribution < -0.4 is 4.90 Å². The highest BCUT2D eigenvalue weighted by Crippen LogP contribution is 2.31. The minimum Gasteiger partial charge on any atom is -0.363 e. The molecule has 144 valence electrons. The van der Waals surface area contributed by atoms with Crippen molar-refractivity contribution in [2.45, 2.75) is 13.8 Å². The molecule has 0 atom stereocenters. The predicted molar refractivity (Wildman–Crippen MR) is 90.3 cm³/mol. The first kappa shape index (κ1) is 19.1. The molecule has 2 aromatic rings. The summed E-state index contributed by atoms with van der Waals surface area (Å²) in [5.74, 6) is -10.1. The molecule has 0 saturated carbocycles. The van der Waals surface area contributed by atoms with Crippen LogP contribution in [0.25, 0.3) is 0 Å². The predicted octanol–water partition coefficient (Wildman–Crippen LogP) is 3.96. The Labute approximate surface area is 153 Å². The van der Waals surface area contributed by atoms with E-state index >= 15 is 0 Å². The SMILES string of the molecule is Cc1ccc(C(=O)N2CCN(c3c(F)c(F)c(F)c(F)c3F)CC2)c(C)c1. The van der Waals surface area contributed by atoms with E-state index in [4.69, 9.17) is 0 Å². The first-order valence-electron chi connectivity index (χ1n) is 8.35. The Balaban J connectivity index is 1.79. The average molecular weight is 384 g/mol. The van der Waals surface area contributed by atoms with Gasteiger partial charge < -0.3 is 9.80 Å². The molecule has 0 aromatic heterocycles. The molecule has 0 radical (unpaired) electrons. The highest BCUT2D eigenvalue weighted by molar-refractivity contribution is 5.95. The number of halogens is 5. The second-order valence-corrected chi connectivity index (χ2v) is 6.52. The molecular formula is C19H17F5N2O. The van der Waals surface area contributed by atoms with Crippen LogP contribution >= 0.6 is 0 Å². The lowest BCUT2D eigenvalue weighted by Crippen LogP contribution is -2.49. The number of nitrogens with zero attached hydrogens (tertiary/aromatic N) is 2. The van der Waals surface area contributed by atoms with E-state index in [1.165, 1.54) is 4.90 Å². The monoisotopic (exact) mass is 384 g/mol. The number of amides is 1. The van der Waals surface area contributed by atoms with Gasteiger partial charge in [0.25, 0.3) is 5.91 Å². The van der Waals surface area contributed by atoms with Gasteiger partial charge in [-0.15, -0.1) is 0 Å². The lowest BCUT2D eigenvalue weighted by Gasteiger charge is -2.36. The third kappa shape index (κ3) is 3.36. The molecule has 0 unspecified atom stereocenters. The van der Waals surface area contributed by atoms with E-state index in [-0.39, 0.29) is 32.1 Å². The van der Waals surface area contributed by atoms with Gasteiger partial charge in [-0.05, 0) is 25.5 Å². The Hall–Kier alpha value is -2.64. The van der Waals surface area contributed by atoms with Crippen LogP contribution in [-0.4, -0.2) is 37.0 Å². The minimum atomic E-state index is -2.18. The van der Waals surface area contributed by atoms with Gasteiger partial charge in [-0.2, -0.15) is 0 Å². The Morgan fingerprint density at radius 1 is 0.815 bits per heavy atom. The summed E-state index contributed by atoms with van der Waals surface area (Å²) in [5, 5.41) is 0. The molecule has 0 N–H and O–H groups in total. The number of aryl methyl sites for hydroxylation is 2. The topological polar surface area (TPSA) is 23.6 Å². The van der Waals surface area contributed by atoms with Crippen molar-refractivity contribution in [2.75, 3.05) is 31.1 Å². The maximum Gasteiger partial charge on any atom is 0.254 e. The van der Waals surface area contributed by atoms with E-state index in [0.29, 0.717) is 5.56 Å². The van der Waals surface area contributed by atoms with Crippen molar-refractivity contribution in [1.82, 2.24) is 4.90 Å². The van der Waals surface area contributed by atoms with Crippen molar-refractivity contribution < 1.29 is 26.7 Å². The number of anilines is 1. The van der Waals surface area contributed by atoms with E-state index in [1.807, 2.05) is 26.0 Å². The molecule has 0 aliphatic carbocycles. The zero-order chi connectivity index (χ0) is 19.9. The van der Waals surface area contributed by atoms with Gasteiger partial charge in [0.1, 0.15) is 5.69 Å². The van der Waals surface area contributed by atoms with E-state index in [1.54, 1.807) is 6.07 Å². The largest absolute Gasteiger partial charge is 0.363 e. The van der Waals surface area contributed by atoms with Crippen LogP contribution in [0.1, 0.15) is 21.5 Å². The van der Waals surface area contributed by atoms with Gasteiger partial charge in [0, 0.05) is 31.7 Å². The molecule has 1 aliphatic rings. The number of carbonyl (C=O) groups excluding carboxylic acids is 1. The maximum absolute atomic E-state index is 14.0. The minimum absolute atomic E-state index is 0.0466. The average Bonchev–Trinajstić information content (AvgIpc) is 2.65. The van der Waals surface area contributed by atoms with Gasteiger partial charge in [-0.1, -0.05) is 17.7 Å². The summed E-state index contributed by atoms with van der Waals surface area (Å²) in [6.07, 6.45) is 0. The standard InChI is InChI=1S/C19H17F5N2O/c1-10-3-4-12(11(2)9-10)19(27)26-7-5-25(6-8-26)18-16(23)14(21)13(20)15(22)17(18)24/h3-4,9H,5-8H2,1-2H3. The lowest BCUT2D eigenvalue weighted by atomic mass is 10.0. The highest BCUT2D eigenvalue weighted by atomic mass is 19.2. The second kappa shape index (κ2) is 7.17. The molecule has 1 aliphatic heterocycles. The molecule has 1 fully saturated rings. The Kier molecular flexibility index (Phi) is 5.08. The molecule has 27 heavy (non-hydrogen) atoms. The van der Waals surface area contributed by atoms with Crippen molar-refractivity contribution in [3.8, 4) is 0 Å². The van der Waals surface area contributed by atoms with Crippen LogP contribution in [0.2, 0.25) is 0 Å². The fourth-order valence-electron chi connectivity index (χ4n) is 3.23. The van der Waals surface area contributed by atoms with Crippen LogP contribution in [0.15, 0.2) is 18.2 Å². The van der Waals surface area contributed by atoms with Gasteiger partial charge in [0.2, 0.25) is 5.82 Å². The molecular weight excluding hydrogens is 367 g/mol. The smallest absolute Gasteiger partial charge is 0.254 e. The Morgan fingerprint density at radius 3 is 1.85 bits per heavy atom. The first-order valence-corrected chi connectivity index (χ1v) is 8.35. The normalized spacial score (nSPS) is 14.6. The van der Waals surface area contributed by atoms with Gasteiger partial charge in [0.15, 0.2) is 23.3 Å². The molecule has 8 heteroatoms. The summed E-state index contributed by atoms with van der Waals surface area (Å²) in [7, 11) is 0. The number of piperazine rings is 1. The van der Waals surface area contributed by atoms with Crippen molar-refractivity contribution >= 4 is 11.6 Å². The van der Waals surface area contributed by atoms with Crippen molar-refractivity contribution in [3.63, 3.8) is 0 Å². The third-order valence-corrected chi connectivity index (χ3v) is 4.68. The fraction of sp³-hybridized carbons (Fsp3) is 0.316. The highest BCUT2D eigenvalue weighted by Gasteiger charge is 2.31. The summed E-state index contributed by atoms with van der Waals surface area (Å²) in [5.41, 5.74) is 1.39. The summed E-state index contributed by atoms with van der Waals surface area (Å²) < 4.78 is 67.9. The molecule has 0 bridgehead atoms. The molecule has 1 saturated heterocycles. The summed E-state index contributed by atoms with van der Waals surface area (Å²) in [4.78, 5) is 15.2. The molecule has 1 amide bonds. The zero-order valence-electron chi connectivity index (χ0n) is 14.8. The summed E-state index contributed by atoms with van der Waals surface area (Å²) in [6.45, 7) is 3.83. The van der Waals surface area contributed by atoms with Crippen molar-refractivity contribution in [2.24, 2.45) is 0 Å². The van der Waals surface area contributed by atoms with Gasteiger partial charge in [-0.25, -0.2) is 22.0 Å². The van der Waals surface area contributed by atoms with E-state index < -0.39 is 34.8 Å². The molecule has 2 aromatic carbocycles. The quantitative estimate of drug-likeness (QED) is 0.445. The number of rotatable bonds is 2. The van der Waals surface area contributed by atoms with Crippen molar-refractivity contribution in [3.05, 3.63) is 64.0 Å². The third-order valence-electron chi connectivity index (χ3n) is 4.68. The van der Waals surface area contributed by atoms with Crippen molar-refractivity contribution in [1.29, 1.82) is 0 Å². The number of carbonyl (C=O) groups is 1. The summed E-state index contributed by atoms with van der Waals surface area (Å²) in [6, 6.07) is 5.40. The number of hydrogen-bond donors (Lipinski definition) is 0. The van der Waals surface area contributed by atoms with Gasteiger partial charge in [0.05, 0.1) is 0 Å². The van der Waals surface area contributed by atoms with Crippen LogP contribution in [0, 0.1) is 42.9 Å². The second-order valence-electron chi connectivity index (χ2n) is 6.52. The first-order chi connectivity index (χ1) is 12.7. The molecule has 0 spiro atoms. The molecule has 3 nitrogen and oxygen atoms in total. The van der Waals surface area contributed by atoms with Crippen LogP contribution in [0.3, 0.4) is 0 Å². The van der Waals surface area contributed by atoms with Crippen LogP contribution in [-0.2, 0) is 0 Å². The zero-order valence-corrected chi connectivity index (χ0v) is 14.8. The summed E-state index contributed by atoms with van der Waals surface area (Å²) >= 11 is 0. The number of hydrogen-bond acceptors (Lipinski definition) is 2. The van der Waals surface area contributed by atoms with Crippen LogP contribution in [0.4, 0.5) is 27.6 Å². The van der Waals surface area contributed by atoms with Gasteiger partial charge in [-0.3, -0.25) is 4.79 Å². The maximum atomic E-state index is 14.0. The van der Waals surface area contributed by atoms with E-state index in [9.17, 15) is 26.7 Å². The van der Waals surface area contributed by atoms with E-state index in [2.05, 4.69) is 0 Å². The van der Waals surface area contributed by atoms with Crippen LogP contribution in [0.5, 0.6) is 0 Å². The molecule has 3 rings (SSSR count). The lowest BCUT2D eigenvalue weighted by molar-refractivity contribution is 0.0745. The number of benzene rings is 2. The Morgan fingerprint density at radius 2 is 1.33 bits per heavy atom. The fourth-order valence-corrected chi connectivity index (χ4v) is 3.23.